The van der Waals surface area contributed by atoms with Crippen LogP contribution in [0.15, 0.2) is 24.3 Å². The zero-order chi connectivity index (χ0) is 14.1. The Kier molecular flexibility index (Phi) is 6.50. The summed E-state index contributed by atoms with van der Waals surface area (Å²) >= 11 is 0. The molecule has 0 aliphatic heterocycles. The van der Waals surface area contributed by atoms with Gasteiger partial charge >= 0.3 is 0 Å². The van der Waals surface area contributed by atoms with Crippen LogP contribution in [0.2, 0.25) is 0 Å². The highest BCUT2D eigenvalue weighted by Gasteiger charge is 2.04. The molecular weight excluding hydrogens is 242 g/mol. The summed E-state index contributed by atoms with van der Waals surface area (Å²) in [4.78, 5) is 11.1. The molecule has 4 heteroatoms. The van der Waals surface area contributed by atoms with Gasteiger partial charge in [0, 0.05) is 13.1 Å². The summed E-state index contributed by atoms with van der Waals surface area (Å²) in [5, 5.41) is 2.53. The molecule has 0 aliphatic carbocycles. The van der Waals surface area contributed by atoms with Crippen molar-refractivity contribution in [2.75, 3.05) is 20.8 Å². The summed E-state index contributed by atoms with van der Waals surface area (Å²) in [6.45, 7) is 2.80. The summed E-state index contributed by atoms with van der Waals surface area (Å²) in [5.74, 6) is 1.27. The number of likely N-dealkylation sites (N-methyl/N-ethyl adjacent to an activating group) is 1. The van der Waals surface area contributed by atoms with Gasteiger partial charge in [0.15, 0.2) is 11.5 Å². The lowest BCUT2D eigenvalue weighted by Gasteiger charge is -2.10. The lowest BCUT2D eigenvalue weighted by molar-refractivity contribution is -0.115. The van der Waals surface area contributed by atoms with Crippen LogP contribution in [0.3, 0.4) is 0 Å². The van der Waals surface area contributed by atoms with Gasteiger partial charge in [-0.2, -0.15) is 0 Å². The molecule has 104 valence electrons. The topological polar surface area (TPSA) is 47.6 Å². The molecule has 1 aromatic carbocycles. The largest absolute Gasteiger partial charge is 0.493 e. The molecule has 0 heterocycles. The summed E-state index contributed by atoms with van der Waals surface area (Å²) in [6.07, 6.45) is 5.32. The molecule has 4 nitrogen and oxygen atoms in total. The fraction of sp³-hybridized carbons (Fsp3) is 0.400. The van der Waals surface area contributed by atoms with Crippen molar-refractivity contribution in [1.29, 1.82) is 0 Å². The molecule has 0 fully saturated rings. The predicted molar refractivity (Wildman–Crippen MR) is 76.5 cm³/mol. The second-order valence-electron chi connectivity index (χ2n) is 4.06. The van der Waals surface area contributed by atoms with Crippen LogP contribution in [0.1, 0.15) is 25.3 Å². The number of hydrogen-bond donors (Lipinski definition) is 1. The first-order valence-electron chi connectivity index (χ1n) is 6.42. The number of amides is 1. The number of carbonyl (C=O) groups excluding carboxylic acids is 1. The number of ether oxygens (including phenoxy) is 2. The standard InChI is InChI=1S/C15H21NO3/c1-4-5-10-19-13-8-6-12(11-14(13)18-3)7-9-15(17)16-2/h6-9,11H,4-5,10H2,1-3H3,(H,16,17)/b9-7+. The zero-order valence-electron chi connectivity index (χ0n) is 11.7. The Bertz CT molecular complexity index is 441. The number of carbonyl (C=O) groups is 1. The molecule has 0 saturated heterocycles. The highest BCUT2D eigenvalue weighted by atomic mass is 16.5. The van der Waals surface area contributed by atoms with E-state index in [1.165, 1.54) is 6.08 Å². The lowest BCUT2D eigenvalue weighted by Crippen LogP contribution is -2.13. The van der Waals surface area contributed by atoms with E-state index in [0.717, 1.165) is 24.2 Å². The summed E-state index contributed by atoms with van der Waals surface area (Å²) in [5.41, 5.74) is 0.892. The minimum atomic E-state index is -0.137. The molecule has 0 aromatic heterocycles. The van der Waals surface area contributed by atoms with E-state index in [1.807, 2.05) is 18.2 Å². The van der Waals surface area contributed by atoms with E-state index < -0.39 is 0 Å². The van der Waals surface area contributed by atoms with Crippen LogP contribution in [0.25, 0.3) is 6.08 Å². The van der Waals surface area contributed by atoms with Crippen molar-refractivity contribution in [3.63, 3.8) is 0 Å². The van der Waals surface area contributed by atoms with Crippen LogP contribution in [0.4, 0.5) is 0 Å². The van der Waals surface area contributed by atoms with Gasteiger partial charge in [-0.1, -0.05) is 19.4 Å². The first kappa shape index (κ1) is 15.1. The predicted octanol–water partition coefficient (Wildman–Crippen LogP) is 2.63. The molecule has 1 N–H and O–H groups in total. The maximum Gasteiger partial charge on any atom is 0.243 e. The minimum Gasteiger partial charge on any atom is -0.493 e. The van der Waals surface area contributed by atoms with Crippen LogP contribution in [-0.2, 0) is 4.79 Å². The maximum absolute atomic E-state index is 11.1. The van der Waals surface area contributed by atoms with Gasteiger partial charge < -0.3 is 14.8 Å². The van der Waals surface area contributed by atoms with E-state index in [0.29, 0.717) is 12.4 Å². The third-order valence-electron chi connectivity index (χ3n) is 2.62. The van der Waals surface area contributed by atoms with Gasteiger partial charge in [-0.05, 0) is 30.2 Å². The smallest absolute Gasteiger partial charge is 0.243 e. The zero-order valence-corrected chi connectivity index (χ0v) is 11.7. The van der Waals surface area contributed by atoms with Gasteiger partial charge in [0.05, 0.1) is 13.7 Å². The molecule has 0 saturated carbocycles. The number of rotatable bonds is 7. The van der Waals surface area contributed by atoms with Crippen LogP contribution in [0, 0.1) is 0 Å². The molecule has 0 bridgehead atoms. The van der Waals surface area contributed by atoms with Crippen molar-refractivity contribution in [3.8, 4) is 11.5 Å². The van der Waals surface area contributed by atoms with Crippen LogP contribution >= 0.6 is 0 Å². The second kappa shape index (κ2) is 8.19. The van der Waals surface area contributed by atoms with Crippen molar-refractivity contribution in [2.45, 2.75) is 19.8 Å². The summed E-state index contributed by atoms with van der Waals surface area (Å²) < 4.78 is 10.9. The number of hydrogen-bond acceptors (Lipinski definition) is 3. The number of benzene rings is 1. The molecular formula is C15H21NO3. The average molecular weight is 263 g/mol. The molecule has 0 unspecified atom stereocenters. The molecule has 19 heavy (non-hydrogen) atoms. The van der Waals surface area contributed by atoms with Crippen molar-refractivity contribution >= 4 is 12.0 Å². The average Bonchev–Trinajstić information content (AvgIpc) is 2.45. The van der Waals surface area contributed by atoms with Crippen LogP contribution < -0.4 is 14.8 Å². The molecule has 1 rings (SSSR count). The van der Waals surface area contributed by atoms with E-state index >= 15 is 0 Å². The summed E-state index contributed by atoms with van der Waals surface area (Å²) in [6, 6.07) is 5.60. The van der Waals surface area contributed by atoms with E-state index in [-0.39, 0.29) is 5.91 Å². The molecule has 0 spiro atoms. The molecule has 0 atom stereocenters. The molecule has 1 aromatic rings. The van der Waals surface area contributed by atoms with Crippen molar-refractivity contribution in [1.82, 2.24) is 5.32 Å². The van der Waals surface area contributed by atoms with Gasteiger partial charge in [-0.25, -0.2) is 0 Å². The Morgan fingerprint density at radius 3 is 2.79 bits per heavy atom. The fourth-order valence-electron chi connectivity index (χ4n) is 1.49. The first-order chi connectivity index (χ1) is 9.21. The Balaban J connectivity index is 2.77. The maximum atomic E-state index is 11.1. The van der Waals surface area contributed by atoms with Gasteiger partial charge in [-0.15, -0.1) is 0 Å². The Morgan fingerprint density at radius 2 is 2.16 bits per heavy atom. The van der Waals surface area contributed by atoms with E-state index in [2.05, 4.69) is 12.2 Å². The lowest BCUT2D eigenvalue weighted by atomic mass is 10.2. The van der Waals surface area contributed by atoms with Crippen molar-refractivity contribution in [3.05, 3.63) is 29.8 Å². The van der Waals surface area contributed by atoms with Gasteiger partial charge in [0.25, 0.3) is 0 Å². The Labute approximate surface area is 114 Å². The third kappa shape index (κ3) is 5.04. The van der Waals surface area contributed by atoms with E-state index in [9.17, 15) is 4.79 Å². The third-order valence-corrected chi connectivity index (χ3v) is 2.62. The quantitative estimate of drug-likeness (QED) is 0.607. The van der Waals surface area contributed by atoms with Crippen molar-refractivity contribution in [2.24, 2.45) is 0 Å². The molecule has 0 radical (unpaired) electrons. The summed E-state index contributed by atoms with van der Waals surface area (Å²) in [7, 11) is 3.20. The Morgan fingerprint density at radius 1 is 1.37 bits per heavy atom. The minimum absolute atomic E-state index is 0.137. The highest BCUT2D eigenvalue weighted by Crippen LogP contribution is 2.28. The van der Waals surface area contributed by atoms with Gasteiger partial charge in [0.2, 0.25) is 5.91 Å². The number of nitrogens with one attached hydrogen (secondary N) is 1. The van der Waals surface area contributed by atoms with Crippen LogP contribution in [0.5, 0.6) is 11.5 Å². The first-order valence-corrected chi connectivity index (χ1v) is 6.42. The normalized spacial score (nSPS) is 10.5. The van der Waals surface area contributed by atoms with E-state index in [4.69, 9.17) is 9.47 Å². The number of unbranched alkanes of at least 4 members (excludes halogenated alkanes) is 1. The SMILES string of the molecule is CCCCOc1ccc(/C=C/C(=O)NC)cc1OC. The highest BCUT2D eigenvalue weighted by molar-refractivity contribution is 5.91. The molecule has 0 aliphatic rings. The van der Waals surface area contributed by atoms with E-state index in [1.54, 1.807) is 20.2 Å². The van der Waals surface area contributed by atoms with Gasteiger partial charge in [-0.3, -0.25) is 4.79 Å². The second-order valence-corrected chi connectivity index (χ2v) is 4.06. The van der Waals surface area contributed by atoms with Crippen molar-refractivity contribution < 1.29 is 14.3 Å². The monoisotopic (exact) mass is 263 g/mol. The molecule has 1 amide bonds. The fourth-order valence-corrected chi connectivity index (χ4v) is 1.49. The Hall–Kier alpha value is -1.97. The van der Waals surface area contributed by atoms with Crippen LogP contribution in [-0.4, -0.2) is 26.7 Å². The van der Waals surface area contributed by atoms with Gasteiger partial charge in [0.1, 0.15) is 0 Å². The number of methoxy groups -OCH3 is 1.